The topological polar surface area (TPSA) is 74.8 Å². The van der Waals surface area contributed by atoms with Gasteiger partial charge in [-0.1, -0.05) is 13.8 Å². The van der Waals surface area contributed by atoms with E-state index >= 15 is 0 Å². The van der Waals surface area contributed by atoms with E-state index in [9.17, 15) is 22.8 Å². The monoisotopic (exact) mass is 416 g/mol. The third-order valence-corrected chi connectivity index (χ3v) is 4.69. The molecule has 0 saturated carbocycles. The molecule has 29 heavy (non-hydrogen) atoms. The van der Waals surface area contributed by atoms with Gasteiger partial charge in [0.25, 0.3) is 0 Å². The lowest BCUT2D eigenvalue weighted by molar-refractivity contribution is -0.138. The SMILES string of the molecule is CCOC(=O)NC(C(=O)N1CCCN(c2ccc(C(F)(F)F)cn2)CC1)C(C)C. The summed E-state index contributed by atoms with van der Waals surface area (Å²) in [6.07, 6.45) is -3.60. The van der Waals surface area contributed by atoms with Gasteiger partial charge in [0.15, 0.2) is 0 Å². The summed E-state index contributed by atoms with van der Waals surface area (Å²) in [7, 11) is 0. The minimum Gasteiger partial charge on any atom is -0.450 e. The lowest BCUT2D eigenvalue weighted by Gasteiger charge is -2.29. The Balaban J connectivity index is 2.02. The van der Waals surface area contributed by atoms with Crippen molar-refractivity contribution in [2.75, 3.05) is 37.7 Å². The number of hydrogen-bond acceptors (Lipinski definition) is 5. The van der Waals surface area contributed by atoms with E-state index in [1.165, 1.54) is 6.07 Å². The molecule has 7 nitrogen and oxygen atoms in total. The maximum atomic E-state index is 12.9. The van der Waals surface area contributed by atoms with E-state index in [1.807, 2.05) is 18.7 Å². The van der Waals surface area contributed by atoms with Crippen molar-refractivity contribution >= 4 is 17.8 Å². The number of hydrogen-bond donors (Lipinski definition) is 1. The summed E-state index contributed by atoms with van der Waals surface area (Å²) >= 11 is 0. The summed E-state index contributed by atoms with van der Waals surface area (Å²) in [6.45, 7) is 7.46. The molecule has 1 aliphatic rings. The number of rotatable bonds is 5. The fourth-order valence-corrected chi connectivity index (χ4v) is 3.12. The molecule has 1 atom stereocenters. The van der Waals surface area contributed by atoms with Crippen LogP contribution < -0.4 is 10.2 Å². The zero-order valence-corrected chi connectivity index (χ0v) is 16.8. The number of carbonyl (C=O) groups is 2. The Kier molecular flexibility index (Phi) is 7.69. The molecule has 1 aromatic rings. The van der Waals surface area contributed by atoms with Gasteiger partial charge in [0, 0.05) is 32.4 Å². The number of nitrogens with zero attached hydrogens (tertiary/aromatic N) is 3. The highest BCUT2D eigenvalue weighted by atomic mass is 19.4. The molecule has 1 aromatic heterocycles. The van der Waals surface area contributed by atoms with Crippen LogP contribution in [0.3, 0.4) is 0 Å². The van der Waals surface area contributed by atoms with Gasteiger partial charge in [0.2, 0.25) is 5.91 Å². The molecule has 2 rings (SSSR count). The Morgan fingerprint density at radius 1 is 1.21 bits per heavy atom. The molecule has 0 aromatic carbocycles. The van der Waals surface area contributed by atoms with Gasteiger partial charge in [-0.25, -0.2) is 9.78 Å². The van der Waals surface area contributed by atoms with Crippen LogP contribution in [0.2, 0.25) is 0 Å². The van der Waals surface area contributed by atoms with Gasteiger partial charge in [-0.2, -0.15) is 13.2 Å². The van der Waals surface area contributed by atoms with Gasteiger partial charge >= 0.3 is 12.3 Å². The molecule has 2 heterocycles. The van der Waals surface area contributed by atoms with Crippen LogP contribution in [0.5, 0.6) is 0 Å². The minimum absolute atomic E-state index is 0.122. The van der Waals surface area contributed by atoms with Crippen molar-refractivity contribution in [1.29, 1.82) is 0 Å². The van der Waals surface area contributed by atoms with Crippen molar-refractivity contribution in [3.05, 3.63) is 23.9 Å². The van der Waals surface area contributed by atoms with Gasteiger partial charge in [-0.3, -0.25) is 4.79 Å². The van der Waals surface area contributed by atoms with Crippen molar-refractivity contribution in [3.8, 4) is 0 Å². The summed E-state index contributed by atoms with van der Waals surface area (Å²) in [4.78, 5) is 32.1. The molecule has 0 bridgehead atoms. The molecule has 2 amide bonds. The molecule has 1 N–H and O–H groups in total. The molecule has 10 heteroatoms. The number of pyridine rings is 1. The second-order valence-corrected chi connectivity index (χ2v) is 7.16. The maximum absolute atomic E-state index is 12.9. The summed E-state index contributed by atoms with van der Waals surface area (Å²) in [5.41, 5.74) is -0.794. The lowest BCUT2D eigenvalue weighted by atomic mass is 10.0. The highest BCUT2D eigenvalue weighted by molar-refractivity contribution is 5.86. The van der Waals surface area contributed by atoms with Crippen molar-refractivity contribution in [2.24, 2.45) is 5.92 Å². The fourth-order valence-electron chi connectivity index (χ4n) is 3.12. The smallest absolute Gasteiger partial charge is 0.417 e. The van der Waals surface area contributed by atoms with Crippen LogP contribution in [0.25, 0.3) is 0 Å². The van der Waals surface area contributed by atoms with E-state index < -0.39 is 23.9 Å². The van der Waals surface area contributed by atoms with E-state index in [1.54, 1.807) is 11.8 Å². The number of nitrogens with one attached hydrogen (secondary N) is 1. The Morgan fingerprint density at radius 3 is 2.48 bits per heavy atom. The van der Waals surface area contributed by atoms with E-state index in [-0.39, 0.29) is 18.4 Å². The predicted molar refractivity (Wildman–Crippen MR) is 101 cm³/mol. The molecular formula is C19H27F3N4O3. The third kappa shape index (κ3) is 6.23. The molecule has 0 radical (unpaired) electrons. The van der Waals surface area contributed by atoms with E-state index in [2.05, 4.69) is 10.3 Å². The molecule has 0 spiro atoms. The van der Waals surface area contributed by atoms with Crippen LogP contribution in [-0.2, 0) is 15.7 Å². The largest absolute Gasteiger partial charge is 0.450 e. The first-order valence-electron chi connectivity index (χ1n) is 9.63. The van der Waals surface area contributed by atoms with Crippen molar-refractivity contribution in [3.63, 3.8) is 0 Å². The summed E-state index contributed by atoms with van der Waals surface area (Å²) in [5.74, 6) is 0.121. The van der Waals surface area contributed by atoms with E-state index in [0.717, 1.165) is 12.3 Å². The zero-order chi connectivity index (χ0) is 21.6. The second kappa shape index (κ2) is 9.80. The molecule has 1 saturated heterocycles. The normalized spacial score (nSPS) is 16.4. The van der Waals surface area contributed by atoms with Crippen LogP contribution in [0, 0.1) is 5.92 Å². The highest BCUT2D eigenvalue weighted by Crippen LogP contribution is 2.29. The van der Waals surface area contributed by atoms with Crippen LogP contribution in [-0.4, -0.2) is 60.7 Å². The third-order valence-electron chi connectivity index (χ3n) is 4.69. The highest BCUT2D eigenvalue weighted by Gasteiger charge is 2.32. The molecule has 1 aliphatic heterocycles. The van der Waals surface area contributed by atoms with Crippen molar-refractivity contribution in [2.45, 2.75) is 39.4 Å². The van der Waals surface area contributed by atoms with Crippen LogP contribution in [0.4, 0.5) is 23.8 Å². The van der Waals surface area contributed by atoms with Crippen LogP contribution in [0.15, 0.2) is 18.3 Å². The standard InChI is InChI=1S/C19H27F3N4O3/c1-4-29-18(28)24-16(13(2)3)17(27)26-9-5-8-25(10-11-26)15-7-6-14(12-23-15)19(20,21)22/h6-7,12-13,16H,4-5,8-11H2,1-3H3,(H,24,28). The van der Waals surface area contributed by atoms with Gasteiger partial charge in [0.1, 0.15) is 11.9 Å². The Hall–Kier alpha value is -2.52. The van der Waals surface area contributed by atoms with E-state index in [4.69, 9.17) is 4.74 Å². The number of alkyl carbamates (subject to hydrolysis) is 1. The van der Waals surface area contributed by atoms with Crippen LogP contribution >= 0.6 is 0 Å². The van der Waals surface area contributed by atoms with Crippen LogP contribution in [0.1, 0.15) is 32.8 Å². The molecule has 0 aliphatic carbocycles. The van der Waals surface area contributed by atoms with Gasteiger partial charge in [-0.05, 0) is 31.4 Å². The minimum atomic E-state index is -4.43. The fraction of sp³-hybridized carbons (Fsp3) is 0.632. The Labute approximate surface area is 168 Å². The average molecular weight is 416 g/mol. The maximum Gasteiger partial charge on any atom is 0.417 e. The second-order valence-electron chi connectivity index (χ2n) is 7.16. The number of aromatic nitrogens is 1. The number of alkyl halides is 3. The molecule has 162 valence electrons. The first-order valence-corrected chi connectivity index (χ1v) is 9.63. The number of anilines is 1. The number of carbonyl (C=O) groups excluding carboxylic acids is 2. The number of ether oxygens (including phenoxy) is 1. The Bertz CT molecular complexity index is 695. The number of amides is 2. The van der Waals surface area contributed by atoms with Crippen molar-refractivity contribution in [1.82, 2.24) is 15.2 Å². The average Bonchev–Trinajstić information content (AvgIpc) is 2.91. The lowest BCUT2D eigenvalue weighted by Crippen LogP contribution is -2.52. The molecule has 1 unspecified atom stereocenters. The van der Waals surface area contributed by atoms with Gasteiger partial charge in [0.05, 0.1) is 12.2 Å². The quantitative estimate of drug-likeness (QED) is 0.799. The first kappa shape index (κ1) is 22.8. The number of halogens is 3. The summed E-state index contributed by atoms with van der Waals surface area (Å²) in [5, 5.41) is 2.61. The van der Waals surface area contributed by atoms with E-state index in [0.29, 0.717) is 38.4 Å². The Morgan fingerprint density at radius 2 is 1.93 bits per heavy atom. The van der Waals surface area contributed by atoms with Gasteiger partial charge < -0.3 is 19.9 Å². The summed E-state index contributed by atoms with van der Waals surface area (Å²) < 4.78 is 43.0. The molecular weight excluding hydrogens is 389 g/mol. The predicted octanol–water partition coefficient (Wildman–Crippen LogP) is 2.91. The van der Waals surface area contributed by atoms with Gasteiger partial charge in [-0.15, -0.1) is 0 Å². The molecule has 1 fully saturated rings. The zero-order valence-electron chi connectivity index (χ0n) is 16.8. The summed E-state index contributed by atoms with van der Waals surface area (Å²) in [6, 6.07) is 1.65. The van der Waals surface area contributed by atoms with Crippen molar-refractivity contribution < 1.29 is 27.5 Å². The first-order chi connectivity index (χ1) is 13.6.